The highest BCUT2D eigenvalue weighted by Gasteiger charge is 2.29. The molecule has 0 saturated carbocycles. The zero-order valence-corrected chi connectivity index (χ0v) is 21.3. The van der Waals surface area contributed by atoms with Crippen molar-refractivity contribution >= 4 is 18.0 Å². The molecule has 0 aliphatic rings. The summed E-state index contributed by atoms with van der Waals surface area (Å²) in [5.41, 5.74) is 2.56. The molecule has 2 N–H and O–H groups in total. The van der Waals surface area contributed by atoms with E-state index in [1.165, 1.54) is 0 Å². The number of esters is 1. The maximum absolute atomic E-state index is 13.3. The van der Waals surface area contributed by atoms with Crippen LogP contribution in [0.3, 0.4) is 0 Å². The first-order valence-corrected chi connectivity index (χ1v) is 12.4. The summed E-state index contributed by atoms with van der Waals surface area (Å²) in [4.78, 5) is 38.8. The average Bonchev–Trinajstić information content (AvgIpc) is 2.91. The fourth-order valence-electron chi connectivity index (χ4n) is 3.75. The van der Waals surface area contributed by atoms with Crippen molar-refractivity contribution in [2.75, 3.05) is 0 Å². The highest BCUT2D eigenvalue weighted by Crippen LogP contribution is 2.11. The Hall–Kier alpha value is -4.13. The largest absolute Gasteiger partial charge is 0.459 e. The Kier molecular flexibility index (Phi) is 10.7. The van der Waals surface area contributed by atoms with E-state index in [9.17, 15) is 14.4 Å². The first-order valence-electron chi connectivity index (χ1n) is 12.4. The lowest BCUT2D eigenvalue weighted by Gasteiger charge is -2.24. The molecule has 2 unspecified atom stereocenters. The number of hydrogen-bond acceptors (Lipinski definition) is 5. The molecular weight excluding hydrogens is 468 g/mol. The number of benzene rings is 3. The van der Waals surface area contributed by atoms with Crippen LogP contribution in [-0.4, -0.2) is 30.1 Å². The van der Waals surface area contributed by atoms with Crippen molar-refractivity contribution in [2.24, 2.45) is 5.92 Å². The molecule has 0 radical (unpaired) electrons. The molecule has 37 heavy (non-hydrogen) atoms. The van der Waals surface area contributed by atoms with Crippen LogP contribution in [0, 0.1) is 5.92 Å². The quantitative estimate of drug-likeness (QED) is 0.347. The minimum absolute atomic E-state index is 0.0884. The lowest BCUT2D eigenvalue weighted by molar-refractivity contribution is -0.149. The summed E-state index contributed by atoms with van der Waals surface area (Å²) in [6, 6.07) is 26.2. The molecule has 0 heterocycles. The molecule has 0 aliphatic carbocycles. The molecule has 3 rings (SSSR count). The molecule has 0 aromatic heterocycles. The predicted molar refractivity (Wildman–Crippen MR) is 141 cm³/mol. The Balaban J connectivity index is 1.66. The molecule has 0 bridgehead atoms. The minimum atomic E-state index is -0.921. The van der Waals surface area contributed by atoms with Crippen molar-refractivity contribution in [3.05, 3.63) is 108 Å². The van der Waals surface area contributed by atoms with Crippen molar-refractivity contribution in [3.63, 3.8) is 0 Å². The molecule has 3 aromatic rings. The zero-order valence-electron chi connectivity index (χ0n) is 21.3. The fraction of sp³-hybridized carbons (Fsp3) is 0.300. The Morgan fingerprint density at radius 2 is 1.14 bits per heavy atom. The van der Waals surface area contributed by atoms with Gasteiger partial charge in [-0.25, -0.2) is 9.59 Å². The molecular formula is C30H34N2O5. The van der Waals surface area contributed by atoms with Gasteiger partial charge in [-0.1, -0.05) is 105 Å². The second kappa shape index (κ2) is 14.4. The second-order valence-corrected chi connectivity index (χ2v) is 9.23. The van der Waals surface area contributed by atoms with Crippen LogP contribution in [0.25, 0.3) is 0 Å². The minimum Gasteiger partial charge on any atom is -0.459 e. The molecule has 0 spiro atoms. The lowest BCUT2D eigenvalue weighted by Crippen LogP contribution is -2.53. The van der Waals surface area contributed by atoms with Gasteiger partial charge in [0, 0.05) is 6.42 Å². The van der Waals surface area contributed by atoms with Crippen molar-refractivity contribution in [3.8, 4) is 0 Å². The van der Waals surface area contributed by atoms with E-state index in [1.54, 1.807) is 0 Å². The SMILES string of the molecule is CC(C)CC(NC(=O)OCc1ccccc1)C(=O)NC(Cc1ccccc1)C(=O)OCc1ccccc1. The van der Waals surface area contributed by atoms with Crippen LogP contribution in [0.5, 0.6) is 0 Å². The highest BCUT2D eigenvalue weighted by atomic mass is 16.5. The Morgan fingerprint density at radius 3 is 1.65 bits per heavy atom. The molecule has 7 nitrogen and oxygen atoms in total. The third-order valence-electron chi connectivity index (χ3n) is 5.64. The summed E-state index contributed by atoms with van der Waals surface area (Å²) in [6.07, 6.45) is -0.0629. The lowest BCUT2D eigenvalue weighted by atomic mass is 10.0. The van der Waals surface area contributed by atoms with Crippen molar-refractivity contribution in [1.82, 2.24) is 10.6 Å². The highest BCUT2D eigenvalue weighted by molar-refractivity contribution is 5.89. The van der Waals surface area contributed by atoms with E-state index >= 15 is 0 Å². The van der Waals surface area contributed by atoms with Gasteiger partial charge >= 0.3 is 12.1 Å². The van der Waals surface area contributed by atoms with Crippen LogP contribution >= 0.6 is 0 Å². The summed E-state index contributed by atoms with van der Waals surface area (Å²) < 4.78 is 10.8. The number of nitrogens with one attached hydrogen (secondary N) is 2. The fourth-order valence-corrected chi connectivity index (χ4v) is 3.75. The average molecular weight is 503 g/mol. The van der Waals surface area contributed by atoms with Crippen LogP contribution in [0.1, 0.15) is 37.0 Å². The third-order valence-corrected chi connectivity index (χ3v) is 5.64. The van der Waals surface area contributed by atoms with Crippen LogP contribution < -0.4 is 10.6 Å². The maximum atomic E-state index is 13.3. The first kappa shape index (κ1) is 27.5. The number of alkyl carbamates (subject to hydrolysis) is 1. The summed E-state index contributed by atoms with van der Waals surface area (Å²) in [5, 5.41) is 5.46. The van der Waals surface area contributed by atoms with E-state index in [1.807, 2.05) is 105 Å². The van der Waals surface area contributed by atoms with Gasteiger partial charge in [-0.2, -0.15) is 0 Å². The Labute approximate surface area is 218 Å². The van der Waals surface area contributed by atoms with Crippen LogP contribution in [-0.2, 0) is 38.7 Å². The van der Waals surface area contributed by atoms with Gasteiger partial charge in [-0.05, 0) is 29.0 Å². The third kappa shape index (κ3) is 9.80. The molecule has 2 atom stereocenters. The first-order chi connectivity index (χ1) is 17.9. The van der Waals surface area contributed by atoms with Crippen molar-refractivity contribution in [2.45, 2.75) is 52.0 Å². The van der Waals surface area contributed by atoms with Crippen molar-refractivity contribution < 1.29 is 23.9 Å². The van der Waals surface area contributed by atoms with Crippen LogP contribution in [0.2, 0.25) is 0 Å². The van der Waals surface area contributed by atoms with Gasteiger partial charge in [0.05, 0.1) is 0 Å². The number of carbonyl (C=O) groups excluding carboxylic acids is 3. The number of ether oxygens (including phenoxy) is 2. The van der Waals surface area contributed by atoms with Gasteiger partial charge in [0.1, 0.15) is 25.3 Å². The van der Waals surface area contributed by atoms with Gasteiger partial charge < -0.3 is 20.1 Å². The van der Waals surface area contributed by atoms with E-state index in [0.29, 0.717) is 6.42 Å². The standard InChI is InChI=1S/C30H34N2O5/c1-22(2)18-26(32-30(35)37-21-25-16-10-5-11-17-25)28(33)31-27(19-23-12-6-3-7-13-23)29(34)36-20-24-14-8-4-9-15-24/h3-17,22,26-27H,18-21H2,1-2H3,(H,31,33)(H,32,35). The topological polar surface area (TPSA) is 93.7 Å². The maximum Gasteiger partial charge on any atom is 0.408 e. The number of amides is 2. The van der Waals surface area contributed by atoms with E-state index < -0.39 is 30.1 Å². The predicted octanol–water partition coefficient (Wildman–Crippen LogP) is 4.80. The van der Waals surface area contributed by atoms with Crippen LogP contribution in [0.15, 0.2) is 91.0 Å². The smallest absolute Gasteiger partial charge is 0.408 e. The molecule has 0 aliphatic heterocycles. The second-order valence-electron chi connectivity index (χ2n) is 9.23. The molecule has 7 heteroatoms. The van der Waals surface area contributed by atoms with E-state index in [-0.39, 0.29) is 25.6 Å². The Bertz CT molecular complexity index is 1120. The normalized spacial score (nSPS) is 12.3. The van der Waals surface area contributed by atoms with Gasteiger partial charge in [0.15, 0.2) is 0 Å². The van der Waals surface area contributed by atoms with Gasteiger partial charge in [-0.3, -0.25) is 4.79 Å². The van der Waals surface area contributed by atoms with E-state index in [4.69, 9.17) is 9.47 Å². The van der Waals surface area contributed by atoms with Gasteiger partial charge in [-0.15, -0.1) is 0 Å². The Morgan fingerprint density at radius 1 is 0.649 bits per heavy atom. The summed E-state index contributed by atoms with van der Waals surface area (Å²) in [7, 11) is 0. The van der Waals surface area contributed by atoms with Crippen LogP contribution in [0.4, 0.5) is 4.79 Å². The number of hydrogen-bond donors (Lipinski definition) is 2. The molecule has 2 amide bonds. The van der Waals surface area contributed by atoms with E-state index in [2.05, 4.69) is 10.6 Å². The molecule has 0 fully saturated rings. The number of rotatable bonds is 12. The molecule has 3 aromatic carbocycles. The number of carbonyl (C=O) groups is 3. The summed E-state index contributed by atoms with van der Waals surface area (Å²) in [5.74, 6) is -0.901. The molecule has 194 valence electrons. The summed E-state index contributed by atoms with van der Waals surface area (Å²) >= 11 is 0. The van der Waals surface area contributed by atoms with Crippen molar-refractivity contribution in [1.29, 1.82) is 0 Å². The monoisotopic (exact) mass is 502 g/mol. The van der Waals surface area contributed by atoms with Gasteiger partial charge in [0.25, 0.3) is 0 Å². The van der Waals surface area contributed by atoms with E-state index in [0.717, 1.165) is 16.7 Å². The van der Waals surface area contributed by atoms with Gasteiger partial charge in [0.2, 0.25) is 5.91 Å². The zero-order chi connectivity index (χ0) is 26.5. The molecule has 0 saturated heterocycles. The summed E-state index contributed by atoms with van der Waals surface area (Å²) in [6.45, 7) is 4.09.